The third kappa shape index (κ3) is 4.19. The summed E-state index contributed by atoms with van der Waals surface area (Å²) < 4.78 is 15.7. The number of nitrogens with one attached hydrogen (secondary N) is 3. The summed E-state index contributed by atoms with van der Waals surface area (Å²) >= 11 is 0. The molecule has 1 atom stereocenters. The highest BCUT2D eigenvalue weighted by Gasteiger charge is 2.29. The van der Waals surface area contributed by atoms with Gasteiger partial charge in [-0.25, -0.2) is 5.43 Å². The molecule has 2 amide bonds. The fraction of sp³-hybridized carbons (Fsp3) is 0.312. The van der Waals surface area contributed by atoms with Crippen LogP contribution in [-0.4, -0.2) is 39.4 Å². The normalized spacial score (nSPS) is 16.4. The van der Waals surface area contributed by atoms with Crippen LogP contribution in [0.5, 0.6) is 17.2 Å². The lowest BCUT2D eigenvalue weighted by Gasteiger charge is -2.11. The Hall–Kier alpha value is -3.23. The SMILES string of the molecule is C=C1NNC(=O)C1CC(=O)NN=Cc1cc(OC)c(OC)cc1OC. The molecule has 0 bridgehead atoms. The second-order valence-corrected chi connectivity index (χ2v) is 5.14. The van der Waals surface area contributed by atoms with Crippen molar-refractivity contribution in [2.75, 3.05) is 21.3 Å². The number of hydrogen-bond donors (Lipinski definition) is 3. The fourth-order valence-electron chi connectivity index (χ4n) is 2.25. The van der Waals surface area contributed by atoms with Gasteiger partial charge in [-0.05, 0) is 6.07 Å². The van der Waals surface area contributed by atoms with Gasteiger partial charge in [0.1, 0.15) is 5.75 Å². The van der Waals surface area contributed by atoms with Crippen LogP contribution in [-0.2, 0) is 9.59 Å². The van der Waals surface area contributed by atoms with E-state index in [-0.39, 0.29) is 12.3 Å². The number of hydrazine groups is 1. The highest BCUT2D eigenvalue weighted by Crippen LogP contribution is 2.33. The summed E-state index contributed by atoms with van der Waals surface area (Å²) in [7, 11) is 4.54. The van der Waals surface area contributed by atoms with Gasteiger partial charge in [0.2, 0.25) is 11.8 Å². The molecular weight excluding hydrogens is 328 g/mol. The molecule has 1 heterocycles. The minimum Gasteiger partial charge on any atom is -0.496 e. The highest BCUT2D eigenvalue weighted by atomic mass is 16.5. The van der Waals surface area contributed by atoms with Crippen molar-refractivity contribution < 1.29 is 23.8 Å². The van der Waals surface area contributed by atoms with Gasteiger partial charge in [-0.2, -0.15) is 5.10 Å². The van der Waals surface area contributed by atoms with E-state index in [1.807, 2.05) is 0 Å². The number of amides is 2. The Morgan fingerprint density at radius 1 is 1.20 bits per heavy atom. The predicted octanol–water partition coefficient (Wildman–Crippen LogP) is 0.317. The lowest BCUT2D eigenvalue weighted by molar-refractivity contribution is -0.127. The minimum atomic E-state index is -0.620. The van der Waals surface area contributed by atoms with Crippen LogP contribution in [0.2, 0.25) is 0 Å². The van der Waals surface area contributed by atoms with Crippen molar-refractivity contribution in [2.45, 2.75) is 6.42 Å². The number of carbonyl (C=O) groups is 2. The molecule has 1 saturated heterocycles. The van der Waals surface area contributed by atoms with Gasteiger partial charge in [0.05, 0.1) is 33.5 Å². The smallest absolute Gasteiger partial charge is 0.247 e. The van der Waals surface area contributed by atoms with E-state index in [1.165, 1.54) is 27.5 Å². The number of hydrogen-bond acceptors (Lipinski definition) is 7. The molecule has 134 valence electrons. The molecule has 0 saturated carbocycles. The molecular formula is C16H20N4O5. The Balaban J connectivity index is 2.04. The maximum absolute atomic E-state index is 11.9. The first-order valence-corrected chi connectivity index (χ1v) is 7.36. The average Bonchev–Trinajstić information content (AvgIpc) is 2.93. The van der Waals surface area contributed by atoms with Gasteiger partial charge >= 0.3 is 0 Å². The molecule has 2 rings (SSSR count). The number of hydrazone groups is 1. The highest BCUT2D eigenvalue weighted by molar-refractivity contribution is 5.90. The first-order chi connectivity index (χ1) is 12.0. The van der Waals surface area contributed by atoms with Crippen LogP contribution in [0.1, 0.15) is 12.0 Å². The molecule has 9 nitrogen and oxygen atoms in total. The summed E-state index contributed by atoms with van der Waals surface area (Å²) in [6, 6.07) is 3.32. The quantitative estimate of drug-likeness (QED) is 0.483. The zero-order valence-electron chi connectivity index (χ0n) is 14.2. The van der Waals surface area contributed by atoms with Crippen LogP contribution in [0.4, 0.5) is 0 Å². The van der Waals surface area contributed by atoms with Crippen LogP contribution in [0.15, 0.2) is 29.5 Å². The molecule has 0 aromatic heterocycles. The summed E-state index contributed by atoms with van der Waals surface area (Å²) in [5.41, 5.74) is 8.39. The predicted molar refractivity (Wildman–Crippen MR) is 90.4 cm³/mol. The molecule has 0 radical (unpaired) electrons. The molecule has 1 aromatic rings. The second kappa shape index (κ2) is 8.04. The van der Waals surface area contributed by atoms with Crippen LogP contribution in [0.25, 0.3) is 0 Å². The summed E-state index contributed by atoms with van der Waals surface area (Å²) in [5, 5.41) is 3.89. The van der Waals surface area contributed by atoms with Crippen LogP contribution >= 0.6 is 0 Å². The molecule has 1 unspecified atom stereocenters. The molecule has 25 heavy (non-hydrogen) atoms. The van der Waals surface area contributed by atoms with Crippen molar-refractivity contribution in [2.24, 2.45) is 11.0 Å². The van der Waals surface area contributed by atoms with E-state index in [9.17, 15) is 9.59 Å². The number of rotatable bonds is 7. The van der Waals surface area contributed by atoms with Crippen molar-refractivity contribution in [3.8, 4) is 17.2 Å². The summed E-state index contributed by atoms with van der Waals surface area (Å²) in [6.07, 6.45) is 1.36. The number of nitrogens with zero attached hydrogens (tertiary/aromatic N) is 1. The Bertz CT molecular complexity index is 701. The van der Waals surface area contributed by atoms with E-state index in [4.69, 9.17) is 14.2 Å². The van der Waals surface area contributed by atoms with Crippen LogP contribution in [0, 0.1) is 5.92 Å². The van der Waals surface area contributed by atoms with Crippen molar-refractivity contribution in [1.82, 2.24) is 16.3 Å². The third-order valence-electron chi connectivity index (χ3n) is 3.60. The Morgan fingerprint density at radius 3 is 2.40 bits per heavy atom. The van der Waals surface area contributed by atoms with Crippen molar-refractivity contribution >= 4 is 18.0 Å². The summed E-state index contributed by atoms with van der Waals surface area (Å²) in [4.78, 5) is 23.4. The van der Waals surface area contributed by atoms with E-state index in [2.05, 4.69) is 28.0 Å². The van der Waals surface area contributed by atoms with Gasteiger partial charge in [0.15, 0.2) is 11.5 Å². The molecule has 9 heteroatoms. The largest absolute Gasteiger partial charge is 0.496 e. The standard InChI is InChI=1S/C16H20N4O5/c1-9-11(16(22)20-18-9)6-15(21)19-17-8-10-5-13(24-3)14(25-4)7-12(10)23-2/h5,7-8,11,18H,1,6H2,2-4H3,(H,19,21)(H,20,22). The van der Waals surface area contributed by atoms with Crippen LogP contribution in [0.3, 0.4) is 0 Å². The Morgan fingerprint density at radius 2 is 1.84 bits per heavy atom. The Labute approximate surface area is 145 Å². The second-order valence-electron chi connectivity index (χ2n) is 5.14. The topological polar surface area (TPSA) is 110 Å². The first-order valence-electron chi connectivity index (χ1n) is 7.36. The fourth-order valence-corrected chi connectivity index (χ4v) is 2.25. The monoisotopic (exact) mass is 348 g/mol. The molecule has 0 aliphatic carbocycles. The van der Waals surface area contributed by atoms with E-state index < -0.39 is 11.8 Å². The first kappa shape index (κ1) is 18.1. The van der Waals surface area contributed by atoms with E-state index in [0.29, 0.717) is 28.5 Å². The summed E-state index contributed by atoms with van der Waals surface area (Å²) in [6.45, 7) is 3.67. The van der Waals surface area contributed by atoms with E-state index >= 15 is 0 Å². The number of carbonyl (C=O) groups excluding carboxylic acids is 2. The molecule has 1 aromatic carbocycles. The number of methoxy groups -OCH3 is 3. The van der Waals surface area contributed by atoms with Gasteiger partial charge < -0.3 is 19.6 Å². The van der Waals surface area contributed by atoms with Gasteiger partial charge in [-0.15, -0.1) is 0 Å². The maximum Gasteiger partial charge on any atom is 0.247 e. The van der Waals surface area contributed by atoms with Gasteiger partial charge in [0.25, 0.3) is 0 Å². The lowest BCUT2D eigenvalue weighted by Crippen LogP contribution is -2.27. The van der Waals surface area contributed by atoms with Gasteiger partial charge in [0, 0.05) is 23.7 Å². The Kier molecular flexibility index (Phi) is 5.83. The zero-order valence-corrected chi connectivity index (χ0v) is 14.2. The van der Waals surface area contributed by atoms with Crippen molar-refractivity contribution in [1.29, 1.82) is 0 Å². The summed E-state index contributed by atoms with van der Waals surface area (Å²) in [5.74, 6) is 0.181. The van der Waals surface area contributed by atoms with Crippen molar-refractivity contribution in [3.05, 3.63) is 30.0 Å². The third-order valence-corrected chi connectivity index (χ3v) is 3.60. The molecule has 1 aliphatic heterocycles. The molecule has 1 aliphatic rings. The zero-order chi connectivity index (χ0) is 18.4. The van der Waals surface area contributed by atoms with Crippen molar-refractivity contribution in [3.63, 3.8) is 0 Å². The number of ether oxygens (including phenoxy) is 3. The van der Waals surface area contributed by atoms with E-state index in [0.717, 1.165) is 0 Å². The average molecular weight is 348 g/mol. The maximum atomic E-state index is 11.9. The van der Waals surface area contributed by atoms with Gasteiger partial charge in [-0.3, -0.25) is 15.0 Å². The number of benzene rings is 1. The van der Waals surface area contributed by atoms with E-state index in [1.54, 1.807) is 12.1 Å². The molecule has 0 spiro atoms. The van der Waals surface area contributed by atoms with Crippen LogP contribution < -0.4 is 30.5 Å². The molecule has 3 N–H and O–H groups in total. The lowest BCUT2D eigenvalue weighted by atomic mass is 10.0. The minimum absolute atomic E-state index is 0.0575. The van der Waals surface area contributed by atoms with Gasteiger partial charge in [-0.1, -0.05) is 6.58 Å². The molecule has 1 fully saturated rings.